The Labute approximate surface area is 62.2 Å². The maximum absolute atomic E-state index is 9.11. The molecule has 2 N–H and O–H groups in total. The Morgan fingerprint density at radius 3 is 2.30 bits per heavy atom. The number of rotatable bonds is 4. The predicted molar refractivity (Wildman–Crippen MR) is 41.7 cm³/mol. The summed E-state index contributed by atoms with van der Waals surface area (Å²) in [6.07, 6.45) is 3.67. The van der Waals surface area contributed by atoms with Gasteiger partial charge in [-0.1, -0.05) is 26.0 Å². The molecule has 0 aromatic heterocycles. The van der Waals surface area contributed by atoms with Crippen molar-refractivity contribution in [2.45, 2.75) is 38.9 Å². The van der Waals surface area contributed by atoms with Crippen molar-refractivity contribution < 1.29 is 10.2 Å². The zero-order valence-corrected chi connectivity index (χ0v) is 6.62. The first-order valence-electron chi connectivity index (χ1n) is 3.75. The minimum absolute atomic E-state index is 0.592. The molecule has 0 radical (unpaired) electrons. The molecule has 10 heavy (non-hydrogen) atoms. The average Bonchev–Trinajstić information content (AvgIpc) is 1.98. The zero-order chi connectivity index (χ0) is 7.98. The van der Waals surface area contributed by atoms with Gasteiger partial charge in [0.25, 0.3) is 0 Å². The van der Waals surface area contributed by atoms with E-state index in [0.717, 1.165) is 6.42 Å². The third-order valence-electron chi connectivity index (χ3n) is 1.38. The van der Waals surface area contributed by atoms with Gasteiger partial charge in [-0.2, -0.15) is 0 Å². The van der Waals surface area contributed by atoms with Crippen LogP contribution in [0, 0.1) is 0 Å². The topological polar surface area (TPSA) is 40.5 Å². The van der Waals surface area contributed by atoms with Crippen LogP contribution in [0.5, 0.6) is 0 Å². The van der Waals surface area contributed by atoms with Gasteiger partial charge in [-0.25, -0.2) is 0 Å². The number of allylic oxidation sites excluding steroid dienone is 1. The molecule has 2 atom stereocenters. The number of aliphatic hydroxyl groups excluding tert-OH is 2. The summed E-state index contributed by atoms with van der Waals surface area (Å²) in [7, 11) is 0. The van der Waals surface area contributed by atoms with Gasteiger partial charge in [0, 0.05) is 0 Å². The Hall–Kier alpha value is -0.340. The van der Waals surface area contributed by atoms with E-state index in [0.29, 0.717) is 6.42 Å². The first-order chi connectivity index (χ1) is 4.72. The fourth-order valence-corrected chi connectivity index (χ4v) is 0.645. The predicted octanol–water partition coefficient (Wildman–Crippen LogP) is 1.08. The summed E-state index contributed by atoms with van der Waals surface area (Å²) in [4.78, 5) is 0. The van der Waals surface area contributed by atoms with Crippen molar-refractivity contribution in [2.24, 2.45) is 0 Å². The largest absolute Gasteiger partial charge is 0.390 e. The van der Waals surface area contributed by atoms with Crippen molar-refractivity contribution in [3.63, 3.8) is 0 Å². The SMILES string of the molecule is CC/C=C\[C@H](O)[C@@H](O)CC. The molecule has 0 saturated carbocycles. The molecule has 0 aliphatic rings. The smallest absolute Gasteiger partial charge is 0.0979 e. The monoisotopic (exact) mass is 144 g/mol. The number of aliphatic hydroxyl groups is 2. The second kappa shape index (κ2) is 5.45. The molecule has 0 aliphatic carbocycles. The van der Waals surface area contributed by atoms with E-state index in [-0.39, 0.29) is 0 Å². The Morgan fingerprint density at radius 1 is 1.30 bits per heavy atom. The molecule has 0 bridgehead atoms. The molecule has 0 fully saturated rings. The Kier molecular flexibility index (Phi) is 5.26. The van der Waals surface area contributed by atoms with Crippen molar-refractivity contribution in [1.82, 2.24) is 0 Å². The van der Waals surface area contributed by atoms with E-state index in [9.17, 15) is 0 Å². The molecule has 60 valence electrons. The molecule has 0 heterocycles. The molecule has 2 nitrogen and oxygen atoms in total. The fourth-order valence-electron chi connectivity index (χ4n) is 0.645. The van der Waals surface area contributed by atoms with E-state index in [2.05, 4.69) is 0 Å². The van der Waals surface area contributed by atoms with E-state index in [1.54, 1.807) is 6.08 Å². The molecule has 0 spiro atoms. The Balaban J connectivity index is 3.60. The van der Waals surface area contributed by atoms with Crippen LogP contribution in [0.25, 0.3) is 0 Å². The molecule has 0 aromatic carbocycles. The maximum atomic E-state index is 9.11. The van der Waals surface area contributed by atoms with Gasteiger partial charge >= 0.3 is 0 Å². The van der Waals surface area contributed by atoms with Crippen LogP contribution in [-0.2, 0) is 0 Å². The normalized spacial score (nSPS) is 17.6. The highest BCUT2D eigenvalue weighted by molar-refractivity contribution is 4.90. The third-order valence-corrected chi connectivity index (χ3v) is 1.38. The van der Waals surface area contributed by atoms with Crippen LogP contribution in [0.4, 0.5) is 0 Å². The molecule has 0 aliphatic heterocycles. The van der Waals surface area contributed by atoms with Crippen LogP contribution in [0.3, 0.4) is 0 Å². The summed E-state index contributed by atoms with van der Waals surface area (Å²) in [5, 5.41) is 18.2. The average molecular weight is 144 g/mol. The molecule has 2 heteroatoms. The van der Waals surface area contributed by atoms with Crippen LogP contribution >= 0.6 is 0 Å². The summed E-state index contributed by atoms with van der Waals surface area (Å²) in [5.41, 5.74) is 0. The van der Waals surface area contributed by atoms with E-state index in [1.807, 2.05) is 19.9 Å². The molecule has 0 saturated heterocycles. The molecular formula is C8H16O2. The van der Waals surface area contributed by atoms with Crippen LogP contribution in [0.1, 0.15) is 26.7 Å². The lowest BCUT2D eigenvalue weighted by molar-refractivity contribution is 0.0464. The highest BCUT2D eigenvalue weighted by Gasteiger charge is 2.08. The lowest BCUT2D eigenvalue weighted by Gasteiger charge is -2.10. The maximum Gasteiger partial charge on any atom is 0.0979 e. The summed E-state index contributed by atoms with van der Waals surface area (Å²) >= 11 is 0. The van der Waals surface area contributed by atoms with Crippen molar-refractivity contribution in [1.29, 1.82) is 0 Å². The van der Waals surface area contributed by atoms with Gasteiger partial charge in [0.05, 0.1) is 12.2 Å². The first kappa shape index (κ1) is 9.66. The van der Waals surface area contributed by atoms with Crippen molar-refractivity contribution in [2.75, 3.05) is 0 Å². The van der Waals surface area contributed by atoms with E-state index in [4.69, 9.17) is 10.2 Å². The Morgan fingerprint density at radius 2 is 1.90 bits per heavy atom. The number of hydrogen-bond acceptors (Lipinski definition) is 2. The summed E-state index contributed by atoms with van der Waals surface area (Å²) < 4.78 is 0. The van der Waals surface area contributed by atoms with Gasteiger partial charge in [-0.3, -0.25) is 0 Å². The molecule has 0 unspecified atom stereocenters. The van der Waals surface area contributed by atoms with Gasteiger partial charge < -0.3 is 10.2 Å². The van der Waals surface area contributed by atoms with Gasteiger partial charge in [0.2, 0.25) is 0 Å². The second-order valence-electron chi connectivity index (χ2n) is 2.30. The molecule has 0 aromatic rings. The van der Waals surface area contributed by atoms with E-state index >= 15 is 0 Å². The zero-order valence-electron chi connectivity index (χ0n) is 6.62. The van der Waals surface area contributed by atoms with Crippen molar-refractivity contribution in [3.05, 3.63) is 12.2 Å². The fraction of sp³-hybridized carbons (Fsp3) is 0.750. The van der Waals surface area contributed by atoms with Crippen LogP contribution in [0.15, 0.2) is 12.2 Å². The third kappa shape index (κ3) is 3.64. The van der Waals surface area contributed by atoms with Crippen molar-refractivity contribution >= 4 is 0 Å². The van der Waals surface area contributed by atoms with E-state index in [1.165, 1.54) is 0 Å². The summed E-state index contributed by atoms with van der Waals surface area (Å²) in [5.74, 6) is 0. The first-order valence-corrected chi connectivity index (χ1v) is 3.75. The molecule has 0 amide bonds. The van der Waals surface area contributed by atoms with Gasteiger partial charge in [0.15, 0.2) is 0 Å². The quantitative estimate of drug-likeness (QED) is 0.580. The van der Waals surface area contributed by atoms with Crippen molar-refractivity contribution in [3.8, 4) is 0 Å². The van der Waals surface area contributed by atoms with Gasteiger partial charge in [-0.15, -0.1) is 0 Å². The minimum Gasteiger partial charge on any atom is -0.390 e. The standard InChI is InChI=1S/C8H16O2/c1-3-5-6-8(10)7(9)4-2/h5-10H,3-4H2,1-2H3/b6-5-/t7-,8-/m0/s1. The molecular weight excluding hydrogens is 128 g/mol. The van der Waals surface area contributed by atoms with Gasteiger partial charge in [-0.05, 0) is 12.8 Å². The lowest BCUT2D eigenvalue weighted by Crippen LogP contribution is -2.22. The second-order valence-corrected chi connectivity index (χ2v) is 2.30. The Bertz CT molecular complexity index is 99.4. The summed E-state index contributed by atoms with van der Waals surface area (Å²) in [6, 6.07) is 0. The minimum atomic E-state index is -0.690. The highest BCUT2D eigenvalue weighted by atomic mass is 16.3. The van der Waals surface area contributed by atoms with Crippen LogP contribution < -0.4 is 0 Å². The van der Waals surface area contributed by atoms with Crippen LogP contribution in [-0.4, -0.2) is 22.4 Å². The van der Waals surface area contributed by atoms with E-state index < -0.39 is 12.2 Å². The highest BCUT2D eigenvalue weighted by Crippen LogP contribution is 1.99. The lowest BCUT2D eigenvalue weighted by atomic mass is 10.1. The number of hydrogen-bond donors (Lipinski definition) is 2. The molecule has 0 rings (SSSR count). The summed E-state index contributed by atoms with van der Waals surface area (Å²) in [6.45, 7) is 3.83. The van der Waals surface area contributed by atoms with Gasteiger partial charge in [0.1, 0.15) is 0 Å². The van der Waals surface area contributed by atoms with Crippen LogP contribution in [0.2, 0.25) is 0 Å².